The van der Waals surface area contributed by atoms with Crippen LogP contribution in [0.25, 0.3) is 0 Å². The topological polar surface area (TPSA) is 145 Å². The Morgan fingerprint density at radius 1 is 0.946 bits per heavy atom. The Kier molecular flexibility index (Phi) is 10.1. The van der Waals surface area contributed by atoms with Crippen LogP contribution in [-0.2, 0) is 13.4 Å². The van der Waals surface area contributed by atoms with Gasteiger partial charge in [-0.3, -0.25) is 0 Å². The van der Waals surface area contributed by atoms with Crippen LogP contribution in [0.4, 0.5) is 0 Å². The van der Waals surface area contributed by atoms with Gasteiger partial charge in [0.15, 0.2) is 0 Å². The lowest BCUT2D eigenvalue weighted by atomic mass is 9.47. The number of hydrogen-bond acceptors (Lipinski definition) is 4. The highest BCUT2D eigenvalue weighted by Gasteiger charge is 2.59. The second-order valence-corrected chi connectivity index (χ2v) is 15.9. The first-order chi connectivity index (χ1) is 17.0. The third kappa shape index (κ3) is 7.58. The molecule has 216 valence electrons. The maximum absolute atomic E-state index is 10.2. The van der Waals surface area contributed by atoms with Crippen LogP contribution in [-0.4, -0.2) is 30.8 Å². The summed E-state index contributed by atoms with van der Waals surface area (Å²) in [4.78, 5) is 31.0. The van der Waals surface area contributed by atoms with Gasteiger partial charge in [0.2, 0.25) is 0 Å². The Labute approximate surface area is 223 Å². The number of fused-ring (bicyclic) bond motifs is 5. The predicted molar refractivity (Wildman–Crippen MR) is 144 cm³/mol. The lowest BCUT2D eigenvalue weighted by molar-refractivity contribution is -0.0573. The van der Waals surface area contributed by atoms with Crippen molar-refractivity contribution in [2.45, 2.75) is 111 Å². The van der Waals surface area contributed by atoms with Crippen LogP contribution >= 0.6 is 15.6 Å². The Morgan fingerprint density at radius 2 is 1.59 bits per heavy atom. The highest BCUT2D eigenvalue weighted by molar-refractivity contribution is 7.60. The van der Waals surface area contributed by atoms with Crippen molar-refractivity contribution in [1.29, 1.82) is 0 Å². The monoisotopic (exact) mass is 564 g/mol. The van der Waals surface area contributed by atoms with Crippen LogP contribution < -0.4 is 0 Å². The Morgan fingerprint density at radius 3 is 2.16 bits per heavy atom. The lowest BCUT2D eigenvalue weighted by Gasteiger charge is -2.58. The normalized spacial score (nSPS) is 38.6. The van der Waals surface area contributed by atoms with Gasteiger partial charge in [-0.05, 0) is 97.7 Å². The van der Waals surface area contributed by atoms with E-state index in [-0.39, 0.29) is 6.10 Å². The minimum Gasteiger partial charge on any atom is -0.393 e. The van der Waals surface area contributed by atoms with Crippen LogP contribution in [0.3, 0.4) is 0 Å². The highest BCUT2D eigenvalue weighted by Crippen LogP contribution is 2.67. The van der Waals surface area contributed by atoms with E-state index in [0.29, 0.717) is 10.8 Å². The molecule has 0 spiro atoms. The summed E-state index contributed by atoms with van der Waals surface area (Å²) < 4.78 is 22.2. The van der Waals surface area contributed by atoms with Gasteiger partial charge < -0.3 is 24.7 Å². The molecule has 0 aromatic heterocycles. The molecule has 1 unspecified atom stereocenters. The standard InChI is InChI=1S/C27H46O.H4O7P2/c1-18(2)7-6-8-19(3)23-11-12-24-22-10-9-20-17-21(28)13-15-26(20,4)25(22)14-16-27(23,24)5;1-8(2,3)7-9(4,5)6/h9,18-19,21-25,28H,6-8,10-17H2,1-5H3;(H2,1,2,3)(H2,4,5,6)/t19?,21-,22-,23+,24-,25-,26-,27+;/m0./s1. The number of rotatable bonds is 7. The molecular weight excluding hydrogens is 514 g/mol. The van der Waals surface area contributed by atoms with Crippen LogP contribution in [0.15, 0.2) is 11.6 Å². The summed E-state index contributed by atoms with van der Waals surface area (Å²) >= 11 is 0. The van der Waals surface area contributed by atoms with E-state index in [0.717, 1.165) is 48.3 Å². The highest BCUT2D eigenvalue weighted by atomic mass is 31.3. The second-order valence-electron chi connectivity index (χ2n) is 13.2. The molecule has 0 amide bonds. The van der Waals surface area contributed by atoms with Crippen molar-refractivity contribution < 1.29 is 38.1 Å². The van der Waals surface area contributed by atoms with Gasteiger partial charge in [0.25, 0.3) is 0 Å². The van der Waals surface area contributed by atoms with E-state index in [9.17, 15) is 14.2 Å². The summed E-state index contributed by atoms with van der Waals surface area (Å²) in [5.74, 6) is 5.46. The van der Waals surface area contributed by atoms with Crippen LogP contribution in [0.5, 0.6) is 0 Å². The largest absolute Gasteiger partial charge is 0.478 e. The minimum atomic E-state index is -5.05. The molecule has 0 aliphatic heterocycles. The summed E-state index contributed by atoms with van der Waals surface area (Å²) in [6.07, 6.45) is 17.2. The van der Waals surface area contributed by atoms with Gasteiger partial charge in [0.05, 0.1) is 6.10 Å². The van der Waals surface area contributed by atoms with Crippen molar-refractivity contribution in [2.75, 3.05) is 0 Å². The summed E-state index contributed by atoms with van der Waals surface area (Å²) in [7, 11) is -10.1. The molecule has 10 heteroatoms. The number of phosphoric acid groups is 2. The van der Waals surface area contributed by atoms with Gasteiger partial charge in [-0.15, -0.1) is 0 Å². The van der Waals surface area contributed by atoms with E-state index in [1.165, 1.54) is 57.8 Å². The zero-order valence-electron chi connectivity index (χ0n) is 23.3. The number of aliphatic hydroxyl groups excluding tert-OH is 1. The lowest BCUT2D eigenvalue weighted by Crippen LogP contribution is -2.50. The van der Waals surface area contributed by atoms with Crippen molar-refractivity contribution >= 4 is 15.6 Å². The van der Waals surface area contributed by atoms with Gasteiger partial charge in [-0.25, -0.2) is 9.13 Å². The van der Waals surface area contributed by atoms with Crippen LogP contribution in [0.1, 0.15) is 105 Å². The predicted octanol–water partition coefficient (Wildman–Crippen LogP) is 6.58. The third-order valence-electron chi connectivity index (χ3n) is 10.5. The molecular formula is C27H50O8P2. The Balaban J connectivity index is 0.000000364. The van der Waals surface area contributed by atoms with Crippen molar-refractivity contribution in [3.8, 4) is 0 Å². The van der Waals surface area contributed by atoms with Gasteiger partial charge >= 0.3 is 15.6 Å². The minimum absolute atomic E-state index is 0.0766. The third-order valence-corrected chi connectivity index (χ3v) is 12.2. The summed E-state index contributed by atoms with van der Waals surface area (Å²) in [6.45, 7) is 12.6. The molecule has 0 bridgehead atoms. The fourth-order valence-corrected chi connectivity index (χ4v) is 9.91. The molecule has 4 rings (SSSR count). The number of hydrogen-bond donors (Lipinski definition) is 5. The van der Waals surface area contributed by atoms with Crippen molar-refractivity contribution in [1.82, 2.24) is 0 Å². The number of allylic oxidation sites excluding steroid dienone is 1. The molecule has 8 nitrogen and oxygen atoms in total. The van der Waals surface area contributed by atoms with Crippen LogP contribution in [0, 0.1) is 46.3 Å². The van der Waals surface area contributed by atoms with Gasteiger partial charge in [-0.2, -0.15) is 4.31 Å². The van der Waals surface area contributed by atoms with Crippen LogP contribution in [0.2, 0.25) is 0 Å². The van der Waals surface area contributed by atoms with E-state index in [1.54, 1.807) is 5.57 Å². The van der Waals surface area contributed by atoms with Gasteiger partial charge in [-0.1, -0.05) is 65.5 Å². The molecule has 37 heavy (non-hydrogen) atoms. The molecule has 0 aromatic rings. The molecule has 0 aromatic carbocycles. The molecule has 8 atom stereocenters. The van der Waals surface area contributed by atoms with Crippen molar-refractivity contribution in [3.05, 3.63) is 11.6 Å². The number of aliphatic hydroxyl groups is 1. The molecule has 3 saturated carbocycles. The fourth-order valence-electron chi connectivity index (χ4n) is 8.80. The first-order valence-corrected chi connectivity index (χ1v) is 17.2. The maximum Gasteiger partial charge on any atom is 0.478 e. The Bertz CT molecular complexity index is 890. The van der Waals surface area contributed by atoms with Crippen molar-refractivity contribution in [3.63, 3.8) is 0 Å². The van der Waals surface area contributed by atoms with E-state index in [2.05, 4.69) is 45.0 Å². The SMILES string of the molecule is CC(C)CCCC(C)[C@H]1CC[C@H]2[C@@H]3CC=C4C[C@@H](O)CC[C@]4(C)[C@H]3CC[C@]12C.O=P(O)(O)OP(=O)(O)O. The molecule has 0 radical (unpaired) electrons. The Hall–Kier alpha value is -0.0400. The van der Waals surface area contributed by atoms with E-state index in [4.69, 9.17) is 19.6 Å². The zero-order chi connectivity index (χ0) is 27.8. The molecule has 5 N–H and O–H groups in total. The van der Waals surface area contributed by atoms with Gasteiger partial charge in [0, 0.05) is 0 Å². The van der Waals surface area contributed by atoms with E-state index >= 15 is 0 Å². The average molecular weight is 565 g/mol. The quantitative estimate of drug-likeness (QED) is 0.172. The van der Waals surface area contributed by atoms with Gasteiger partial charge in [0.1, 0.15) is 0 Å². The molecule has 4 aliphatic carbocycles. The molecule has 0 saturated heterocycles. The zero-order valence-corrected chi connectivity index (χ0v) is 25.0. The van der Waals surface area contributed by atoms with E-state index in [1.807, 2.05) is 0 Å². The second kappa shape index (κ2) is 11.8. The summed E-state index contributed by atoms with van der Waals surface area (Å²) in [6, 6.07) is 0. The fraction of sp³-hybridized carbons (Fsp3) is 0.926. The molecule has 4 aliphatic rings. The smallest absolute Gasteiger partial charge is 0.393 e. The molecule has 0 heterocycles. The first kappa shape index (κ1) is 31.5. The maximum atomic E-state index is 10.2. The summed E-state index contributed by atoms with van der Waals surface area (Å²) in [5, 5.41) is 10.2. The van der Waals surface area contributed by atoms with E-state index < -0.39 is 15.6 Å². The molecule has 3 fully saturated rings. The first-order valence-electron chi connectivity index (χ1n) is 14.2. The average Bonchev–Trinajstić information content (AvgIpc) is 3.09. The van der Waals surface area contributed by atoms with Crippen molar-refractivity contribution in [2.24, 2.45) is 46.3 Å². The summed E-state index contributed by atoms with van der Waals surface area (Å²) in [5.41, 5.74) is 2.60.